The van der Waals surface area contributed by atoms with E-state index in [4.69, 9.17) is 4.43 Å². The second kappa shape index (κ2) is 6.90. The average molecular weight is 467 g/mol. The largest absolute Gasteiger partial charge is 0.413 e. The Labute approximate surface area is 195 Å². The summed E-state index contributed by atoms with van der Waals surface area (Å²) in [4.78, 5) is 13.7. The van der Waals surface area contributed by atoms with Gasteiger partial charge >= 0.3 is 0 Å². The summed E-state index contributed by atoms with van der Waals surface area (Å²) in [5, 5.41) is 35.0. The fourth-order valence-electron chi connectivity index (χ4n) is 7.99. The first kappa shape index (κ1) is 24.8. The number of aliphatic hydroxyl groups is 3. The van der Waals surface area contributed by atoms with Crippen molar-refractivity contribution in [1.82, 2.24) is 0 Å². The van der Waals surface area contributed by atoms with Gasteiger partial charge in [0.15, 0.2) is 14.1 Å². The van der Waals surface area contributed by atoms with Crippen LogP contribution in [0.15, 0.2) is 0 Å². The number of carbonyl (C=O) groups is 1. The molecule has 0 saturated heterocycles. The van der Waals surface area contributed by atoms with E-state index in [1.54, 1.807) is 6.92 Å². The molecule has 6 heteroatoms. The predicted octanol–water partition coefficient (Wildman–Crippen LogP) is 4.29. The number of ketones is 1. The Balaban J connectivity index is 1.75. The van der Waals surface area contributed by atoms with E-state index in [1.165, 1.54) is 0 Å². The number of hydrogen-bond donors (Lipinski definition) is 3. The van der Waals surface area contributed by atoms with Crippen LogP contribution >= 0.6 is 0 Å². The Morgan fingerprint density at radius 1 is 0.938 bits per heavy atom. The molecule has 0 aromatic carbocycles. The minimum atomic E-state index is -2.03. The molecule has 32 heavy (non-hydrogen) atoms. The van der Waals surface area contributed by atoms with Gasteiger partial charge in [-0.3, -0.25) is 4.79 Å². The Bertz CT molecular complexity index is 795. The summed E-state index contributed by atoms with van der Waals surface area (Å²) in [6, 6.07) is 0. The third-order valence-electron chi connectivity index (χ3n) is 11.0. The van der Waals surface area contributed by atoms with Crippen LogP contribution in [0, 0.1) is 35.0 Å². The van der Waals surface area contributed by atoms with Crippen LogP contribution in [0.2, 0.25) is 18.1 Å². The predicted molar refractivity (Wildman–Crippen MR) is 128 cm³/mol. The number of hydrogen-bond acceptors (Lipinski definition) is 5. The van der Waals surface area contributed by atoms with Crippen LogP contribution in [-0.2, 0) is 9.22 Å². The lowest BCUT2D eigenvalue weighted by Crippen LogP contribution is -2.57. The smallest absolute Gasteiger partial charge is 0.192 e. The zero-order valence-electron chi connectivity index (χ0n) is 21.7. The minimum absolute atomic E-state index is 0.0226. The van der Waals surface area contributed by atoms with Gasteiger partial charge in [-0.1, -0.05) is 34.6 Å². The molecule has 0 aromatic rings. The lowest BCUT2D eigenvalue weighted by atomic mass is 9.59. The fourth-order valence-corrected chi connectivity index (χ4v) is 9.45. The molecule has 5 nitrogen and oxygen atoms in total. The second-order valence-electron chi connectivity index (χ2n) is 14.3. The van der Waals surface area contributed by atoms with Crippen LogP contribution in [0.4, 0.5) is 0 Å². The van der Waals surface area contributed by atoms with Gasteiger partial charge in [0.25, 0.3) is 0 Å². The van der Waals surface area contributed by atoms with Gasteiger partial charge in [-0.15, -0.1) is 0 Å². The highest BCUT2D eigenvalue weighted by Gasteiger charge is 2.71. The van der Waals surface area contributed by atoms with Crippen LogP contribution in [0.3, 0.4) is 0 Å². The first-order valence-corrected chi connectivity index (χ1v) is 15.6. The molecule has 0 spiro atoms. The maximum Gasteiger partial charge on any atom is 0.192 e. The van der Waals surface area contributed by atoms with Crippen LogP contribution < -0.4 is 0 Å². The summed E-state index contributed by atoms with van der Waals surface area (Å²) in [6.45, 7) is 19.3. The van der Waals surface area contributed by atoms with Crippen LogP contribution in [-0.4, -0.2) is 52.3 Å². The summed E-state index contributed by atoms with van der Waals surface area (Å²) >= 11 is 0. The molecular weight excluding hydrogens is 420 g/mol. The number of fused-ring (bicyclic) bond motifs is 1. The van der Waals surface area contributed by atoms with E-state index in [-0.39, 0.29) is 64.8 Å². The van der Waals surface area contributed by atoms with E-state index in [9.17, 15) is 20.1 Å². The number of Topliss-reactive ketones (excluding diaryl/α,β-unsaturated/α-hetero) is 1. The molecule has 4 rings (SSSR count). The Hall–Kier alpha value is -0.273. The molecule has 0 aromatic heterocycles. The van der Waals surface area contributed by atoms with Gasteiger partial charge in [-0.25, -0.2) is 0 Å². The van der Waals surface area contributed by atoms with Crippen molar-refractivity contribution in [1.29, 1.82) is 0 Å². The average Bonchev–Trinajstić information content (AvgIpc) is 3.21. The van der Waals surface area contributed by atoms with Crippen LogP contribution in [0.25, 0.3) is 0 Å². The van der Waals surface area contributed by atoms with Crippen molar-refractivity contribution < 1.29 is 24.5 Å². The normalized spacial score (nSPS) is 50.7. The third-order valence-corrected chi connectivity index (χ3v) is 15.5. The van der Waals surface area contributed by atoms with Gasteiger partial charge in [0.1, 0.15) is 5.60 Å². The van der Waals surface area contributed by atoms with E-state index >= 15 is 0 Å². The minimum Gasteiger partial charge on any atom is -0.413 e. The van der Waals surface area contributed by atoms with Crippen molar-refractivity contribution >= 4 is 14.1 Å². The molecule has 0 amide bonds. The van der Waals surface area contributed by atoms with Crippen LogP contribution in [0.1, 0.15) is 80.6 Å². The molecule has 184 valence electrons. The molecule has 4 fully saturated rings. The molecule has 3 N–H and O–H groups in total. The van der Waals surface area contributed by atoms with Crippen LogP contribution in [0.5, 0.6) is 0 Å². The maximum absolute atomic E-state index is 13.7. The zero-order valence-corrected chi connectivity index (χ0v) is 22.7. The molecule has 0 bridgehead atoms. The lowest BCUT2D eigenvalue weighted by molar-refractivity contribution is -0.166. The molecule has 4 aliphatic carbocycles. The summed E-state index contributed by atoms with van der Waals surface area (Å²) in [6.07, 6.45) is 2.54. The van der Waals surface area contributed by atoms with Crippen molar-refractivity contribution in [2.45, 2.75) is 122 Å². The highest BCUT2D eigenvalue weighted by atomic mass is 28.4. The van der Waals surface area contributed by atoms with E-state index < -0.39 is 25.1 Å². The van der Waals surface area contributed by atoms with Crippen molar-refractivity contribution in [3.05, 3.63) is 0 Å². The monoisotopic (exact) mass is 466 g/mol. The molecular formula is C26H46O5Si. The third kappa shape index (κ3) is 3.26. The van der Waals surface area contributed by atoms with E-state index in [1.807, 2.05) is 6.92 Å². The van der Waals surface area contributed by atoms with Gasteiger partial charge < -0.3 is 19.7 Å². The zero-order chi connectivity index (χ0) is 24.3. The number of carbonyl (C=O) groups excluding carboxylic acids is 1. The summed E-state index contributed by atoms with van der Waals surface area (Å²) in [5.74, 6) is -0.957. The quantitative estimate of drug-likeness (QED) is 0.529. The Kier molecular flexibility index (Phi) is 5.36. The molecule has 0 heterocycles. The Morgan fingerprint density at radius 3 is 2.06 bits per heavy atom. The summed E-state index contributed by atoms with van der Waals surface area (Å²) in [7, 11) is -2.03. The molecule has 4 saturated carbocycles. The lowest BCUT2D eigenvalue weighted by Gasteiger charge is -2.49. The topological polar surface area (TPSA) is 87.0 Å². The van der Waals surface area contributed by atoms with Crippen molar-refractivity contribution in [2.24, 2.45) is 35.0 Å². The van der Waals surface area contributed by atoms with E-state index in [0.717, 1.165) is 19.3 Å². The molecule has 9 atom stereocenters. The highest BCUT2D eigenvalue weighted by molar-refractivity contribution is 6.74. The molecule has 0 aliphatic heterocycles. The van der Waals surface area contributed by atoms with Gasteiger partial charge in [-0.05, 0) is 80.3 Å². The van der Waals surface area contributed by atoms with E-state index in [0.29, 0.717) is 0 Å². The van der Waals surface area contributed by atoms with Crippen molar-refractivity contribution in [3.63, 3.8) is 0 Å². The summed E-state index contributed by atoms with van der Waals surface area (Å²) in [5.41, 5.74) is -3.91. The summed E-state index contributed by atoms with van der Waals surface area (Å²) < 4.78 is 6.93. The SMILES string of the molecule is CC1(C)[C@@H](O[Si](C)(C)C(C)(C)C)C[C@@H]2[C@H]1CC(=O)[C@]1(O)C[C@@](C)(O)[C@H]3CC[C@H]([C@@H]31)[C@@]2(C)O. The van der Waals surface area contributed by atoms with E-state index in [2.05, 4.69) is 47.7 Å². The molecule has 4 aliphatic rings. The van der Waals surface area contributed by atoms with Gasteiger partial charge in [0.05, 0.1) is 17.3 Å². The van der Waals surface area contributed by atoms with Crippen molar-refractivity contribution in [3.8, 4) is 0 Å². The first-order chi connectivity index (χ1) is 14.3. The first-order valence-electron chi connectivity index (χ1n) is 12.6. The second-order valence-corrected chi connectivity index (χ2v) is 19.0. The highest BCUT2D eigenvalue weighted by Crippen LogP contribution is 2.66. The van der Waals surface area contributed by atoms with Crippen molar-refractivity contribution in [2.75, 3.05) is 0 Å². The molecule has 0 unspecified atom stereocenters. The molecule has 0 radical (unpaired) electrons. The van der Waals surface area contributed by atoms with Gasteiger partial charge in [0, 0.05) is 18.8 Å². The standard InChI is InChI=1S/C26H46O5Si/c1-22(2,3)32(8,9)31-20-13-18-17(23(20,4)5)12-19(27)26(30)14-24(6,28)15-10-11-16(21(15)26)25(18,7)29/h15-18,20-21,28-30H,10-14H2,1-9H3/t15-,16+,17+,18+,20-,21+,24+,25+,26+/m0/s1. The number of rotatable bonds is 2. The maximum atomic E-state index is 13.7. The Morgan fingerprint density at radius 2 is 1.50 bits per heavy atom. The van der Waals surface area contributed by atoms with Gasteiger partial charge in [0.2, 0.25) is 0 Å². The fraction of sp³-hybridized carbons (Fsp3) is 0.962. The van der Waals surface area contributed by atoms with Gasteiger partial charge in [-0.2, -0.15) is 0 Å².